The molecule has 1 aliphatic heterocycles. The molecule has 0 spiro atoms. The first-order chi connectivity index (χ1) is 16.5. The van der Waals surface area contributed by atoms with E-state index < -0.39 is 17.7 Å². The van der Waals surface area contributed by atoms with Crippen LogP contribution in [0.25, 0.3) is 5.76 Å². The second-order valence-electron chi connectivity index (χ2n) is 7.28. The van der Waals surface area contributed by atoms with Gasteiger partial charge in [-0.05, 0) is 23.8 Å². The summed E-state index contributed by atoms with van der Waals surface area (Å²) in [6.07, 6.45) is 1.45. The molecule has 0 radical (unpaired) electrons. The molecule has 0 saturated carbocycles. The second kappa shape index (κ2) is 9.46. The van der Waals surface area contributed by atoms with Crippen LogP contribution < -0.4 is 4.90 Å². The highest BCUT2D eigenvalue weighted by Gasteiger charge is 2.49. The number of amides is 1. The van der Waals surface area contributed by atoms with Gasteiger partial charge < -0.3 is 9.52 Å². The minimum Gasteiger partial charge on any atom is -0.507 e. The summed E-state index contributed by atoms with van der Waals surface area (Å²) in [5, 5.41) is 20.2. The number of carbonyl (C=O) groups is 2. The monoisotopic (exact) mass is 509 g/mol. The number of Topliss-reactive ketones (excluding diaryl/α,β-unsaturated/α-hetero) is 1. The number of halogens is 1. The Morgan fingerprint density at radius 3 is 2.56 bits per heavy atom. The number of hydrogen-bond acceptors (Lipinski definition) is 8. The summed E-state index contributed by atoms with van der Waals surface area (Å²) in [7, 11) is 0. The van der Waals surface area contributed by atoms with Gasteiger partial charge in [0.2, 0.25) is 5.13 Å². The molecule has 0 bridgehead atoms. The van der Waals surface area contributed by atoms with Crippen molar-refractivity contribution < 1.29 is 19.1 Å². The predicted molar refractivity (Wildman–Crippen MR) is 131 cm³/mol. The van der Waals surface area contributed by atoms with Crippen LogP contribution in [0.3, 0.4) is 0 Å². The van der Waals surface area contributed by atoms with E-state index in [2.05, 4.69) is 10.2 Å². The fourth-order valence-corrected chi connectivity index (χ4v) is 5.76. The van der Waals surface area contributed by atoms with Gasteiger partial charge in [0.05, 0.1) is 11.8 Å². The number of furan rings is 1. The summed E-state index contributed by atoms with van der Waals surface area (Å²) < 4.78 is 6.16. The summed E-state index contributed by atoms with van der Waals surface area (Å²) in [6.45, 7) is 0. The highest BCUT2D eigenvalue weighted by molar-refractivity contribution is 8.00. The number of aliphatic hydroxyl groups is 1. The molecule has 7 nitrogen and oxygen atoms in total. The molecule has 1 N–H and O–H groups in total. The lowest BCUT2D eigenvalue weighted by molar-refractivity contribution is -0.132. The van der Waals surface area contributed by atoms with Crippen LogP contribution >= 0.6 is 34.7 Å². The van der Waals surface area contributed by atoms with Crippen LogP contribution in [0.4, 0.5) is 5.13 Å². The SMILES string of the molecule is O=C1C(=O)N(c2nnc(SCc3ccccc3Cl)s2)C(c2ccco2)/C1=C(/O)c1ccccc1. The Labute approximate surface area is 207 Å². The van der Waals surface area contributed by atoms with E-state index in [0.29, 0.717) is 26.4 Å². The summed E-state index contributed by atoms with van der Waals surface area (Å²) in [5.41, 5.74) is 1.31. The van der Waals surface area contributed by atoms with Crippen molar-refractivity contribution in [2.24, 2.45) is 0 Å². The maximum absolute atomic E-state index is 13.1. The molecule has 3 heterocycles. The molecule has 10 heteroatoms. The lowest BCUT2D eigenvalue weighted by atomic mass is 9.99. The van der Waals surface area contributed by atoms with Gasteiger partial charge in [-0.2, -0.15) is 0 Å². The number of rotatable bonds is 6. The third-order valence-corrected chi connectivity index (χ3v) is 7.69. The van der Waals surface area contributed by atoms with E-state index in [9.17, 15) is 14.7 Å². The number of aromatic nitrogens is 2. The largest absolute Gasteiger partial charge is 0.507 e. The topological polar surface area (TPSA) is 96.5 Å². The Bertz CT molecular complexity index is 1390. The fourth-order valence-electron chi connectivity index (χ4n) is 3.61. The number of carbonyl (C=O) groups excluding carboxylic acids is 2. The number of ketones is 1. The van der Waals surface area contributed by atoms with Crippen LogP contribution in [-0.4, -0.2) is 27.0 Å². The quantitative estimate of drug-likeness (QED) is 0.117. The van der Waals surface area contributed by atoms with E-state index >= 15 is 0 Å². The average molecular weight is 510 g/mol. The van der Waals surface area contributed by atoms with Crippen LogP contribution in [-0.2, 0) is 15.3 Å². The number of aliphatic hydroxyl groups excluding tert-OH is 1. The number of benzene rings is 2. The maximum atomic E-state index is 13.1. The molecular formula is C24H16ClN3O4S2. The molecule has 1 unspecified atom stereocenters. The van der Waals surface area contributed by atoms with Crippen molar-refractivity contribution in [2.45, 2.75) is 16.1 Å². The minimum absolute atomic E-state index is 0.0633. The van der Waals surface area contributed by atoms with Crippen molar-refractivity contribution in [3.63, 3.8) is 0 Å². The van der Waals surface area contributed by atoms with Gasteiger partial charge in [-0.1, -0.05) is 83.2 Å². The average Bonchev–Trinajstić information content (AvgIpc) is 3.60. The van der Waals surface area contributed by atoms with E-state index in [4.69, 9.17) is 16.0 Å². The summed E-state index contributed by atoms with van der Waals surface area (Å²) in [6, 6.07) is 18.4. The van der Waals surface area contributed by atoms with Crippen molar-refractivity contribution in [1.82, 2.24) is 10.2 Å². The number of nitrogens with zero attached hydrogens (tertiary/aromatic N) is 3. The van der Waals surface area contributed by atoms with Crippen LogP contribution in [0.2, 0.25) is 5.02 Å². The molecule has 1 amide bonds. The van der Waals surface area contributed by atoms with Gasteiger partial charge in [-0.3, -0.25) is 14.5 Å². The Morgan fingerprint density at radius 1 is 1.06 bits per heavy atom. The Kier molecular flexibility index (Phi) is 6.23. The van der Waals surface area contributed by atoms with E-state index in [1.165, 1.54) is 34.3 Å². The molecule has 1 aliphatic rings. The third kappa shape index (κ3) is 4.13. The summed E-state index contributed by atoms with van der Waals surface area (Å²) >= 11 is 8.83. The molecule has 1 saturated heterocycles. The molecule has 5 rings (SSSR count). The van der Waals surface area contributed by atoms with E-state index in [-0.39, 0.29) is 16.5 Å². The highest BCUT2D eigenvalue weighted by atomic mass is 35.5. The normalized spacial score (nSPS) is 17.4. The predicted octanol–water partition coefficient (Wildman–Crippen LogP) is 5.70. The number of thioether (sulfide) groups is 1. The number of hydrogen-bond donors (Lipinski definition) is 1. The molecule has 170 valence electrons. The standard InChI is InChI=1S/C24H16ClN3O4S2/c25-16-10-5-4-9-15(16)13-33-24-27-26-23(34-24)28-19(17-11-6-12-32-17)18(21(30)22(28)31)20(29)14-7-2-1-3-8-14/h1-12,19,29H,13H2/b20-18-. The van der Waals surface area contributed by atoms with Gasteiger partial charge in [0, 0.05) is 16.3 Å². The zero-order valence-electron chi connectivity index (χ0n) is 17.4. The summed E-state index contributed by atoms with van der Waals surface area (Å²) in [4.78, 5) is 27.4. The van der Waals surface area contributed by atoms with E-state index in [1.54, 1.807) is 42.5 Å². The Hall–Kier alpha value is -3.40. The van der Waals surface area contributed by atoms with Crippen LogP contribution in [0.5, 0.6) is 0 Å². The van der Waals surface area contributed by atoms with Crippen molar-refractivity contribution in [1.29, 1.82) is 0 Å². The van der Waals surface area contributed by atoms with Crippen molar-refractivity contribution in [2.75, 3.05) is 4.90 Å². The summed E-state index contributed by atoms with van der Waals surface area (Å²) in [5.74, 6) is -0.998. The molecule has 2 aromatic carbocycles. The highest BCUT2D eigenvalue weighted by Crippen LogP contribution is 2.44. The van der Waals surface area contributed by atoms with Crippen molar-refractivity contribution >= 4 is 57.3 Å². The van der Waals surface area contributed by atoms with E-state index in [1.807, 2.05) is 24.3 Å². The third-order valence-electron chi connectivity index (χ3n) is 5.22. The maximum Gasteiger partial charge on any atom is 0.302 e. The van der Waals surface area contributed by atoms with Crippen LogP contribution in [0.1, 0.15) is 22.9 Å². The van der Waals surface area contributed by atoms with Crippen LogP contribution in [0.15, 0.2) is 87.3 Å². The minimum atomic E-state index is -0.968. The van der Waals surface area contributed by atoms with Gasteiger partial charge >= 0.3 is 5.91 Å². The lowest BCUT2D eigenvalue weighted by Crippen LogP contribution is -2.29. The lowest BCUT2D eigenvalue weighted by Gasteiger charge is -2.19. The van der Waals surface area contributed by atoms with Gasteiger partial charge in [-0.25, -0.2) is 0 Å². The molecule has 4 aromatic rings. The van der Waals surface area contributed by atoms with Gasteiger partial charge in [0.15, 0.2) is 4.34 Å². The van der Waals surface area contributed by atoms with Gasteiger partial charge in [0.1, 0.15) is 17.6 Å². The van der Waals surface area contributed by atoms with Gasteiger partial charge in [0.25, 0.3) is 5.78 Å². The molecule has 2 aromatic heterocycles. The van der Waals surface area contributed by atoms with Crippen molar-refractivity contribution in [3.8, 4) is 0 Å². The Balaban J connectivity index is 1.50. The van der Waals surface area contributed by atoms with Crippen LogP contribution in [0, 0.1) is 0 Å². The molecule has 34 heavy (non-hydrogen) atoms. The molecule has 1 fully saturated rings. The number of anilines is 1. The molecule has 0 aliphatic carbocycles. The zero-order valence-corrected chi connectivity index (χ0v) is 19.8. The smallest absolute Gasteiger partial charge is 0.302 e. The molecular weight excluding hydrogens is 494 g/mol. The Morgan fingerprint density at radius 2 is 1.82 bits per heavy atom. The first-order valence-electron chi connectivity index (χ1n) is 10.1. The first kappa shape index (κ1) is 22.4. The van der Waals surface area contributed by atoms with E-state index in [0.717, 1.165) is 5.56 Å². The second-order valence-corrected chi connectivity index (χ2v) is 9.87. The van der Waals surface area contributed by atoms with Gasteiger partial charge in [-0.15, -0.1) is 10.2 Å². The fraction of sp³-hybridized carbons (Fsp3) is 0.0833. The molecule has 1 atom stereocenters. The zero-order chi connectivity index (χ0) is 23.7. The van der Waals surface area contributed by atoms with Crippen molar-refractivity contribution in [3.05, 3.63) is 100 Å². The first-order valence-corrected chi connectivity index (χ1v) is 12.3.